The van der Waals surface area contributed by atoms with Crippen molar-refractivity contribution in [1.29, 1.82) is 0 Å². The Morgan fingerprint density at radius 2 is 2.19 bits per heavy atom. The van der Waals surface area contributed by atoms with Crippen LogP contribution in [0, 0.1) is 5.82 Å². The van der Waals surface area contributed by atoms with Gasteiger partial charge in [-0.05, 0) is 24.6 Å². The van der Waals surface area contributed by atoms with E-state index >= 15 is 0 Å². The van der Waals surface area contributed by atoms with E-state index in [0.29, 0.717) is 5.52 Å². The van der Waals surface area contributed by atoms with E-state index in [0.717, 1.165) is 30.5 Å². The highest BCUT2D eigenvalue weighted by Gasteiger charge is 2.12. The molecule has 0 saturated heterocycles. The van der Waals surface area contributed by atoms with E-state index in [4.69, 9.17) is 0 Å². The van der Waals surface area contributed by atoms with Gasteiger partial charge < -0.3 is 10.3 Å². The Morgan fingerprint density at radius 1 is 1.25 bits per heavy atom. The van der Waals surface area contributed by atoms with Gasteiger partial charge in [-0.1, -0.05) is 18.2 Å². The highest BCUT2D eigenvalue weighted by Crippen LogP contribution is 2.27. The van der Waals surface area contributed by atoms with Gasteiger partial charge in [0, 0.05) is 23.7 Å². The number of H-pyrrole nitrogens is 1. The molecule has 3 rings (SSSR count). The molecule has 2 nitrogen and oxygen atoms in total. The second kappa shape index (κ2) is 3.76. The third-order valence-corrected chi connectivity index (χ3v) is 3.04. The van der Waals surface area contributed by atoms with Gasteiger partial charge in [-0.25, -0.2) is 4.39 Å². The van der Waals surface area contributed by atoms with Crippen LogP contribution in [0.4, 0.5) is 4.39 Å². The van der Waals surface area contributed by atoms with Crippen molar-refractivity contribution in [3.63, 3.8) is 0 Å². The molecule has 1 aromatic carbocycles. The average molecular weight is 216 g/mol. The van der Waals surface area contributed by atoms with Crippen LogP contribution in [0.25, 0.3) is 16.5 Å². The van der Waals surface area contributed by atoms with E-state index in [2.05, 4.69) is 16.4 Å². The zero-order valence-corrected chi connectivity index (χ0v) is 8.89. The first-order chi connectivity index (χ1) is 7.86. The molecule has 0 fully saturated rings. The third kappa shape index (κ3) is 1.44. The zero-order valence-electron chi connectivity index (χ0n) is 8.89. The topological polar surface area (TPSA) is 27.8 Å². The molecule has 82 valence electrons. The van der Waals surface area contributed by atoms with Crippen molar-refractivity contribution in [2.24, 2.45) is 0 Å². The van der Waals surface area contributed by atoms with E-state index in [9.17, 15) is 4.39 Å². The molecule has 3 heteroatoms. The fourth-order valence-corrected chi connectivity index (χ4v) is 2.23. The van der Waals surface area contributed by atoms with Crippen molar-refractivity contribution < 1.29 is 4.39 Å². The second-order valence-corrected chi connectivity index (χ2v) is 4.06. The van der Waals surface area contributed by atoms with Crippen LogP contribution in [0.2, 0.25) is 0 Å². The third-order valence-electron chi connectivity index (χ3n) is 3.04. The summed E-state index contributed by atoms with van der Waals surface area (Å²) in [6.07, 6.45) is 5.16. The number of nitrogens with one attached hydrogen (secondary N) is 2. The number of aromatic nitrogens is 1. The molecule has 1 aromatic heterocycles. The number of hydrogen-bond donors (Lipinski definition) is 2. The molecule has 2 heterocycles. The lowest BCUT2D eigenvalue weighted by Crippen LogP contribution is -2.21. The molecule has 0 aliphatic carbocycles. The first-order valence-electron chi connectivity index (χ1n) is 5.52. The molecule has 0 saturated carbocycles. The summed E-state index contributed by atoms with van der Waals surface area (Å²) >= 11 is 0. The van der Waals surface area contributed by atoms with Crippen LogP contribution in [-0.2, 0) is 0 Å². The standard InChI is InChI=1S/C13H13FN2/c14-12-5-1-4-10-11(8-16-13(10)12)9-3-2-6-15-7-9/h1,3-5,8,15-16H,2,6-7H2. The van der Waals surface area contributed by atoms with Crippen molar-refractivity contribution >= 4 is 16.5 Å². The van der Waals surface area contributed by atoms with Gasteiger partial charge in [0.25, 0.3) is 0 Å². The van der Waals surface area contributed by atoms with Gasteiger partial charge >= 0.3 is 0 Å². The van der Waals surface area contributed by atoms with Gasteiger partial charge in [-0.3, -0.25) is 0 Å². The number of halogens is 1. The lowest BCUT2D eigenvalue weighted by atomic mass is 10.0. The molecule has 16 heavy (non-hydrogen) atoms. The number of hydrogen-bond acceptors (Lipinski definition) is 1. The number of aromatic amines is 1. The summed E-state index contributed by atoms with van der Waals surface area (Å²) in [6.45, 7) is 1.89. The highest BCUT2D eigenvalue weighted by atomic mass is 19.1. The summed E-state index contributed by atoms with van der Waals surface area (Å²) in [6, 6.07) is 5.20. The first-order valence-corrected chi connectivity index (χ1v) is 5.52. The molecule has 0 spiro atoms. The van der Waals surface area contributed by atoms with E-state index in [-0.39, 0.29) is 5.82 Å². The van der Waals surface area contributed by atoms with Gasteiger partial charge in [0.1, 0.15) is 5.82 Å². The van der Waals surface area contributed by atoms with E-state index < -0.39 is 0 Å². The van der Waals surface area contributed by atoms with E-state index in [1.54, 1.807) is 6.07 Å². The molecular formula is C13H13FN2. The molecule has 0 atom stereocenters. The monoisotopic (exact) mass is 216 g/mol. The summed E-state index contributed by atoms with van der Waals surface area (Å²) in [4.78, 5) is 3.01. The largest absolute Gasteiger partial charge is 0.358 e. The summed E-state index contributed by atoms with van der Waals surface area (Å²) in [5, 5.41) is 4.29. The average Bonchev–Trinajstić information content (AvgIpc) is 2.75. The van der Waals surface area contributed by atoms with Crippen LogP contribution in [0.3, 0.4) is 0 Å². The normalized spacial score (nSPS) is 16.4. The van der Waals surface area contributed by atoms with Crippen LogP contribution in [0.1, 0.15) is 12.0 Å². The fraction of sp³-hybridized carbons (Fsp3) is 0.231. The lowest BCUT2D eigenvalue weighted by molar-refractivity contribution is 0.637. The van der Waals surface area contributed by atoms with Gasteiger partial charge in [0.2, 0.25) is 0 Å². The van der Waals surface area contributed by atoms with Crippen LogP contribution in [-0.4, -0.2) is 18.1 Å². The van der Waals surface area contributed by atoms with Gasteiger partial charge in [0.15, 0.2) is 0 Å². The van der Waals surface area contributed by atoms with Crippen molar-refractivity contribution in [2.75, 3.05) is 13.1 Å². The Balaban J connectivity index is 2.17. The van der Waals surface area contributed by atoms with Crippen LogP contribution < -0.4 is 5.32 Å². The molecule has 2 aromatic rings. The Morgan fingerprint density at radius 3 is 3.00 bits per heavy atom. The quantitative estimate of drug-likeness (QED) is 0.753. The maximum absolute atomic E-state index is 13.5. The summed E-state index contributed by atoms with van der Waals surface area (Å²) in [5.41, 5.74) is 2.97. The molecule has 2 N–H and O–H groups in total. The summed E-state index contributed by atoms with van der Waals surface area (Å²) in [5.74, 6) is -0.187. The van der Waals surface area contributed by atoms with Gasteiger partial charge in [0.05, 0.1) is 5.52 Å². The molecule has 0 bridgehead atoms. The summed E-state index contributed by atoms with van der Waals surface area (Å²) in [7, 11) is 0. The SMILES string of the molecule is Fc1cccc2c(C3=CCCNC3)c[nH]c12. The van der Waals surface area contributed by atoms with Crippen molar-refractivity contribution in [3.8, 4) is 0 Å². The molecule has 1 aliphatic rings. The van der Waals surface area contributed by atoms with Crippen LogP contribution in [0.15, 0.2) is 30.5 Å². The molecule has 1 aliphatic heterocycles. The first kappa shape index (κ1) is 9.60. The second-order valence-electron chi connectivity index (χ2n) is 4.06. The van der Waals surface area contributed by atoms with E-state index in [1.165, 1.54) is 11.6 Å². The molecule has 0 unspecified atom stereocenters. The number of fused-ring (bicyclic) bond motifs is 1. The highest BCUT2D eigenvalue weighted by molar-refractivity contribution is 5.93. The Bertz CT molecular complexity index is 554. The fourth-order valence-electron chi connectivity index (χ4n) is 2.23. The van der Waals surface area contributed by atoms with Crippen molar-refractivity contribution in [3.05, 3.63) is 41.9 Å². The predicted octanol–water partition coefficient (Wildman–Crippen LogP) is 2.68. The van der Waals surface area contributed by atoms with Crippen molar-refractivity contribution in [1.82, 2.24) is 10.3 Å². The minimum Gasteiger partial charge on any atom is -0.358 e. The molecular weight excluding hydrogens is 203 g/mol. The van der Waals surface area contributed by atoms with Crippen LogP contribution >= 0.6 is 0 Å². The Labute approximate surface area is 93.2 Å². The maximum Gasteiger partial charge on any atom is 0.147 e. The number of benzene rings is 1. The van der Waals surface area contributed by atoms with Gasteiger partial charge in [-0.15, -0.1) is 0 Å². The lowest BCUT2D eigenvalue weighted by Gasteiger charge is -2.13. The van der Waals surface area contributed by atoms with Crippen molar-refractivity contribution in [2.45, 2.75) is 6.42 Å². The maximum atomic E-state index is 13.5. The van der Waals surface area contributed by atoms with E-state index in [1.807, 2.05) is 12.3 Å². The summed E-state index contributed by atoms with van der Waals surface area (Å²) < 4.78 is 13.5. The smallest absolute Gasteiger partial charge is 0.147 e. The minimum atomic E-state index is -0.187. The molecule has 0 radical (unpaired) electrons. The van der Waals surface area contributed by atoms with Crippen LogP contribution in [0.5, 0.6) is 0 Å². The van der Waals surface area contributed by atoms with Gasteiger partial charge in [-0.2, -0.15) is 0 Å². The number of para-hydroxylation sites is 1. The molecule has 0 amide bonds. The minimum absolute atomic E-state index is 0.187. The predicted molar refractivity (Wildman–Crippen MR) is 63.7 cm³/mol. The zero-order chi connectivity index (χ0) is 11.0. The Hall–Kier alpha value is -1.61. The Kier molecular flexibility index (Phi) is 2.26. The number of rotatable bonds is 1.